The van der Waals surface area contributed by atoms with Crippen LogP contribution in [0.3, 0.4) is 0 Å². The summed E-state index contributed by atoms with van der Waals surface area (Å²) in [5, 5.41) is 9.10. The van der Waals surface area contributed by atoms with Crippen LogP contribution in [0.5, 0.6) is 0 Å². The van der Waals surface area contributed by atoms with Crippen molar-refractivity contribution in [1.82, 2.24) is 0 Å². The summed E-state index contributed by atoms with van der Waals surface area (Å²) in [5.74, 6) is -0.117. The highest BCUT2D eigenvalue weighted by atomic mass is 32.2. The first-order valence-corrected chi connectivity index (χ1v) is 7.45. The molecule has 1 aliphatic carbocycles. The molecule has 2 rings (SSSR count). The predicted molar refractivity (Wildman–Crippen MR) is 75.2 cm³/mol. The Kier molecular flexibility index (Phi) is 4.00. The number of benzene rings is 1. The van der Waals surface area contributed by atoms with Crippen molar-refractivity contribution >= 4 is 17.7 Å². The van der Waals surface area contributed by atoms with E-state index >= 15 is 0 Å². The van der Waals surface area contributed by atoms with Crippen LogP contribution in [0.1, 0.15) is 37.8 Å². The Balaban J connectivity index is 2.04. The number of fused-ring (bicyclic) bond motifs is 1. The Morgan fingerprint density at radius 2 is 1.94 bits per heavy atom. The van der Waals surface area contributed by atoms with Crippen molar-refractivity contribution < 1.29 is 9.90 Å². The minimum absolute atomic E-state index is 0.612. The number of rotatable bonds is 4. The van der Waals surface area contributed by atoms with Gasteiger partial charge >= 0.3 is 5.97 Å². The van der Waals surface area contributed by atoms with E-state index in [1.165, 1.54) is 41.7 Å². The number of carboxylic acids is 1. The van der Waals surface area contributed by atoms with E-state index in [1.807, 2.05) is 0 Å². The van der Waals surface area contributed by atoms with E-state index in [2.05, 4.69) is 18.2 Å². The molecule has 0 aliphatic heterocycles. The number of aliphatic carboxylic acids is 1. The average Bonchev–Trinajstić information content (AvgIpc) is 2.36. The minimum atomic E-state index is -0.729. The maximum absolute atomic E-state index is 11.1. The van der Waals surface area contributed by atoms with Gasteiger partial charge in [0.25, 0.3) is 0 Å². The second kappa shape index (κ2) is 5.35. The molecule has 0 aromatic heterocycles. The lowest BCUT2D eigenvalue weighted by molar-refractivity contribution is -0.145. The topological polar surface area (TPSA) is 37.3 Å². The maximum atomic E-state index is 11.1. The second-order valence-electron chi connectivity index (χ2n) is 5.62. The zero-order valence-corrected chi connectivity index (χ0v) is 11.8. The fraction of sp³-hybridized carbons (Fsp3) is 0.533. The molecule has 0 saturated carbocycles. The molecule has 0 spiro atoms. The largest absolute Gasteiger partial charge is 0.481 e. The highest BCUT2D eigenvalue weighted by Crippen LogP contribution is 2.31. The van der Waals surface area contributed by atoms with E-state index in [4.69, 9.17) is 5.11 Å². The standard InChI is InChI=1S/C15H20O2S/c1-15(2,14(16)17)10-18-13-8-7-11-5-3-4-6-12(11)9-13/h7-9H,3-6,10H2,1-2H3,(H,16,17). The molecule has 3 heteroatoms. The van der Waals surface area contributed by atoms with Crippen molar-refractivity contribution in [2.45, 2.75) is 44.4 Å². The number of hydrogen-bond donors (Lipinski definition) is 1. The zero-order valence-electron chi connectivity index (χ0n) is 11.0. The summed E-state index contributed by atoms with van der Waals surface area (Å²) in [5.41, 5.74) is 2.27. The smallest absolute Gasteiger partial charge is 0.309 e. The van der Waals surface area contributed by atoms with Gasteiger partial charge in [-0.3, -0.25) is 4.79 Å². The lowest BCUT2D eigenvalue weighted by Crippen LogP contribution is -2.26. The van der Waals surface area contributed by atoms with E-state index in [0.29, 0.717) is 5.75 Å². The second-order valence-corrected chi connectivity index (χ2v) is 6.66. The molecule has 0 saturated heterocycles. The van der Waals surface area contributed by atoms with Crippen molar-refractivity contribution in [3.8, 4) is 0 Å². The minimum Gasteiger partial charge on any atom is -0.481 e. The molecule has 0 amide bonds. The van der Waals surface area contributed by atoms with E-state index in [0.717, 1.165) is 0 Å². The highest BCUT2D eigenvalue weighted by molar-refractivity contribution is 7.99. The molecule has 0 radical (unpaired) electrons. The van der Waals surface area contributed by atoms with E-state index < -0.39 is 11.4 Å². The zero-order chi connectivity index (χ0) is 13.2. The molecule has 0 heterocycles. The molecule has 0 atom stereocenters. The van der Waals surface area contributed by atoms with Crippen LogP contribution in [-0.2, 0) is 17.6 Å². The first kappa shape index (κ1) is 13.5. The van der Waals surface area contributed by atoms with E-state index in [-0.39, 0.29) is 0 Å². The summed E-state index contributed by atoms with van der Waals surface area (Å²) in [7, 11) is 0. The van der Waals surface area contributed by atoms with Crippen LogP contribution in [0.25, 0.3) is 0 Å². The molecule has 2 nitrogen and oxygen atoms in total. The van der Waals surface area contributed by atoms with Crippen LogP contribution >= 0.6 is 11.8 Å². The molecule has 18 heavy (non-hydrogen) atoms. The van der Waals surface area contributed by atoms with Gasteiger partial charge in [-0.2, -0.15) is 0 Å². The summed E-state index contributed by atoms with van der Waals surface area (Å²) in [6.45, 7) is 3.56. The van der Waals surface area contributed by atoms with Crippen molar-refractivity contribution in [1.29, 1.82) is 0 Å². The van der Waals surface area contributed by atoms with Crippen LogP contribution in [0.2, 0.25) is 0 Å². The third kappa shape index (κ3) is 3.08. The molecule has 1 aliphatic rings. The molecule has 0 bridgehead atoms. The molecule has 0 unspecified atom stereocenters. The maximum Gasteiger partial charge on any atom is 0.309 e. The Morgan fingerprint density at radius 1 is 1.28 bits per heavy atom. The quantitative estimate of drug-likeness (QED) is 0.841. The Hall–Kier alpha value is -0.960. The molecule has 1 aromatic rings. The van der Waals surface area contributed by atoms with Crippen molar-refractivity contribution in [3.63, 3.8) is 0 Å². The van der Waals surface area contributed by atoms with Crippen molar-refractivity contribution in [3.05, 3.63) is 29.3 Å². The number of carbonyl (C=O) groups is 1. The van der Waals surface area contributed by atoms with Gasteiger partial charge < -0.3 is 5.11 Å². The van der Waals surface area contributed by atoms with Gasteiger partial charge in [0.2, 0.25) is 0 Å². The predicted octanol–water partition coefficient (Wildman–Crippen LogP) is 3.77. The summed E-state index contributed by atoms with van der Waals surface area (Å²) >= 11 is 1.65. The highest BCUT2D eigenvalue weighted by Gasteiger charge is 2.27. The van der Waals surface area contributed by atoms with Crippen molar-refractivity contribution in [2.75, 3.05) is 5.75 Å². The third-order valence-electron chi connectivity index (χ3n) is 3.50. The lowest BCUT2D eigenvalue weighted by atomic mass is 9.92. The molecule has 0 fully saturated rings. The van der Waals surface area contributed by atoms with Gasteiger partial charge in [-0.15, -0.1) is 11.8 Å². The first-order chi connectivity index (χ1) is 8.49. The molecular weight excluding hydrogens is 244 g/mol. The van der Waals surface area contributed by atoms with Crippen LogP contribution in [-0.4, -0.2) is 16.8 Å². The molecule has 98 valence electrons. The normalized spacial score (nSPS) is 15.2. The van der Waals surface area contributed by atoms with Crippen LogP contribution in [0, 0.1) is 5.41 Å². The molecule has 1 aromatic carbocycles. The summed E-state index contributed by atoms with van der Waals surface area (Å²) in [4.78, 5) is 12.3. The van der Waals surface area contributed by atoms with Gasteiger partial charge in [0.05, 0.1) is 5.41 Å². The third-order valence-corrected chi connectivity index (χ3v) is 4.95. The monoisotopic (exact) mass is 264 g/mol. The Bertz CT molecular complexity index is 452. The summed E-state index contributed by atoms with van der Waals surface area (Å²) in [6.07, 6.45) is 4.94. The number of hydrogen-bond acceptors (Lipinski definition) is 2. The number of carboxylic acid groups (broad SMARTS) is 1. The molecule has 1 N–H and O–H groups in total. The fourth-order valence-corrected chi connectivity index (χ4v) is 3.17. The van der Waals surface area contributed by atoms with Gasteiger partial charge in [0.1, 0.15) is 0 Å². The van der Waals surface area contributed by atoms with Crippen LogP contribution in [0.15, 0.2) is 23.1 Å². The van der Waals surface area contributed by atoms with Gasteiger partial charge in [0, 0.05) is 10.6 Å². The van der Waals surface area contributed by atoms with E-state index in [1.54, 1.807) is 25.6 Å². The average molecular weight is 264 g/mol. The Morgan fingerprint density at radius 3 is 2.61 bits per heavy atom. The van der Waals surface area contributed by atoms with Gasteiger partial charge in [-0.25, -0.2) is 0 Å². The Labute approximate surface area is 113 Å². The fourth-order valence-electron chi connectivity index (χ4n) is 2.13. The number of aryl methyl sites for hydroxylation is 2. The van der Waals surface area contributed by atoms with Gasteiger partial charge in [0.15, 0.2) is 0 Å². The van der Waals surface area contributed by atoms with Gasteiger partial charge in [-0.1, -0.05) is 6.07 Å². The summed E-state index contributed by atoms with van der Waals surface area (Å²) < 4.78 is 0. The SMILES string of the molecule is CC(C)(CSc1ccc2c(c1)CCCC2)C(=O)O. The molecular formula is C15H20O2S. The van der Waals surface area contributed by atoms with Crippen LogP contribution in [0.4, 0.5) is 0 Å². The summed E-state index contributed by atoms with van der Waals surface area (Å²) in [6, 6.07) is 6.59. The van der Waals surface area contributed by atoms with Crippen molar-refractivity contribution in [2.24, 2.45) is 5.41 Å². The lowest BCUT2D eigenvalue weighted by Gasteiger charge is -2.20. The van der Waals surface area contributed by atoms with E-state index in [9.17, 15) is 4.79 Å². The van der Waals surface area contributed by atoms with Crippen LogP contribution < -0.4 is 0 Å². The number of thioether (sulfide) groups is 1. The van der Waals surface area contributed by atoms with Gasteiger partial charge in [-0.05, 0) is 62.8 Å². The first-order valence-electron chi connectivity index (χ1n) is 6.47.